The molecule has 1 fully saturated rings. The van der Waals surface area contributed by atoms with Crippen molar-refractivity contribution in [2.24, 2.45) is 5.41 Å². The van der Waals surface area contributed by atoms with Crippen molar-refractivity contribution in [2.75, 3.05) is 24.3 Å². The van der Waals surface area contributed by atoms with E-state index in [0.29, 0.717) is 23.9 Å². The number of anilines is 2. The van der Waals surface area contributed by atoms with Gasteiger partial charge in [-0.15, -0.1) is 0 Å². The lowest BCUT2D eigenvalue weighted by atomic mass is 9.87. The first-order valence-corrected chi connectivity index (χ1v) is 7.42. The third-order valence-corrected chi connectivity index (χ3v) is 3.98. The Morgan fingerprint density at radius 3 is 2.70 bits per heavy atom. The number of hydrogen-bond donors (Lipinski definition) is 2. The predicted molar refractivity (Wildman–Crippen MR) is 82.0 cm³/mol. The van der Waals surface area contributed by atoms with Gasteiger partial charge in [-0.3, -0.25) is 0 Å². The van der Waals surface area contributed by atoms with E-state index in [2.05, 4.69) is 41.4 Å². The molecule has 112 valence electrons. The first kappa shape index (κ1) is 15.0. The molecule has 1 atom stereocenters. The van der Waals surface area contributed by atoms with Gasteiger partial charge in [0.1, 0.15) is 18.2 Å². The van der Waals surface area contributed by atoms with Gasteiger partial charge in [-0.2, -0.15) is 0 Å². The van der Waals surface area contributed by atoms with Gasteiger partial charge in [0.15, 0.2) is 5.82 Å². The van der Waals surface area contributed by atoms with E-state index in [0.717, 1.165) is 18.2 Å². The minimum Gasteiger partial charge on any atom is -0.377 e. The first-order valence-electron chi connectivity index (χ1n) is 7.42. The van der Waals surface area contributed by atoms with Crippen LogP contribution in [-0.4, -0.2) is 29.7 Å². The molecule has 1 saturated carbocycles. The summed E-state index contributed by atoms with van der Waals surface area (Å²) in [5, 5.41) is 6.83. The van der Waals surface area contributed by atoms with E-state index in [9.17, 15) is 0 Å². The van der Waals surface area contributed by atoms with Crippen molar-refractivity contribution in [3.8, 4) is 0 Å². The molecule has 0 bridgehead atoms. The van der Waals surface area contributed by atoms with Crippen LogP contribution in [0.15, 0.2) is 6.07 Å². The SMILES string of the molecule is CCNc1cc(NC2CCCC2(C)C)nc(COC)n1. The Balaban J connectivity index is 2.17. The van der Waals surface area contributed by atoms with Gasteiger partial charge in [-0.05, 0) is 25.2 Å². The molecule has 1 unspecified atom stereocenters. The second-order valence-electron chi connectivity index (χ2n) is 6.10. The topological polar surface area (TPSA) is 59.1 Å². The maximum absolute atomic E-state index is 5.15. The van der Waals surface area contributed by atoms with Gasteiger partial charge in [0.2, 0.25) is 0 Å². The van der Waals surface area contributed by atoms with Crippen LogP contribution in [0, 0.1) is 5.41 Å². The quantitative estimate of drug-likeness (QED) is 0.837. The Labute approximate surface area is 121 Å². The summed E-state index contributed by atoms with van der Waals surface area (Å²) in [4.78, 5) is 8.98. The molecular formula is C15H26N4O. The molecule has 0 spiro atoms. The fourth-order valence-electron chi connectivity index (χ4n) is 2.81. The van der Waals surface area contributed by atoms with Crippen LogP contribution < -0.4 is 10.6 Å². The fourth-order valence-corrected chi connectivity index (χ4v) is 2.81. The zero-order valence-corrected chi connectivity index (χ0v) is 13.0. The third kappa shape index (κ3) is 3.60. The van der Waals surface area contributed by atoms with Crippen LogP contribution in [0.3, 0.4) is 0 Å². The number of methoxy groups -OCH3 is 1. The number of nitrogens with zero attached hydrogens (tertiary/aromatic N) is 2. The summed E-state index contributed by atoms with van der Waals surface area (Å²) in [6.07, 6.45) is 3.74. The highest BCUT2D eigenvalue weighted by Gasteiger charge is 2.34. The first-order chi connectivity index (χ1) is 9.55. The second-order valence-corrected chi connectivity index (χ2v) is 6.10. The van der Waals surface area contributed by atoms with E-state index in [1.807, 2.05) is 6.07 Å². The number of nitrogens with one attached hydrogen (secondary N) is 2. The van der Waals surface area contributed by atoms with Crippen molar-refractivity contribution >= 4 is 11.6 Å². The second kappa shape index (κ2) is 6.39. The molecule has 0 radical (unpaired) electrons. The smallest absolute Gasteiger partial charge is 0.158 e. The van der Waals surface area contributed by atoms with Crippen LogP contribution in [0.4, 0.5) is 11.6 Å². The summed E-state index contributed by atoms with van der Waals surface area (Å²) < 4.78 is 5.15. The number of rotatable bonds is 6. The molecule has 1 aromatic rings. The molecule has 5 nitrogen and oxygen atoms in total. The summed E-state index contributed by atoms with van der Waals surface area (Å²) in [6, 6.07) is 2.46. The maximum atomic E-state index is 5.15. The molecule has 0 aliphatic heterocycles. The lowest BCUT2D eigenvalue weighted by Gasteiger charge is -2.28. The van der Waals surface area contributed by atoms with Crippen molar-refractivity contribution in [1.29, 1.82) is 0 Å². The van der Waals surface area contributed by atoms with Crippen LogP contribution >= 0.6 is 0 Å². The molecule has 1 aliphatic rings. The van der Waals surface area contributed by atoms with E-state index >= 15 is 0 Å². The van der Waals surface area contributed by atoms with Crippen LogP contribution in [0.25, 0.3) is 0 Å². The van der Waals surface area contributed by atoms with Crippen molar-refractivity contribution in [2.45, 2.75) is 52.7 Å². The molecule has 0 amide bonds. The van der Waals surface area contributed by atoms with Crippen LogP contribution in [0.2, 0.25) is 0 Å². The summed E-state index contributed by atoms with van der Waals surface area (Å²) in [6.45, 7) is 7.98. The van der Waals surface area contributed by atoms with Gasteiger partial charge in [0, 0.05) is 25.8 Å². The lowest BCUT2D eigenvalue weighted by Crippen LogP contribution is -2.31. The highest BCUT2D eigenvalue weighted by atomic mass is 16.5. The zero-order chi connectivity index (χ0) is 14.6. The molecular weight excluding hydrogens is 252 g/mol. The molecule has 0 saturated heterocycles. The van der Waals surface area contributed by atoms with Gasteiger partial charge in [-0.25, -0.2) is 9.97 Å². The van der Waals surface area contributed by atoms with E-state index in [4.69, 9.17) is 4.74 Å². The number of aromatic nitrogens is 2. The van der Waals surface area contributed by atoms with Crippen molar-refractivity contribution < 1.29 is 4.74 Å². The van der Waals surface area contributed by atoms with Gasteiger partial charge in [0.05, 0.1) is 0 Å². The number of ether oxygens (including phenoxy) is 1. The average molecular weight is 278 g/mol. The summed E-state index contributed by atoms with van der Waals surface area (Å²) in [5.74, 6) is 2.46. The normalized spacial score (nSPS) is 20.9. The Hall–Kier alpha value is -1.36. The van der Waals surface area contributed by atoms with E-state index < -0.39 is 0 Å². The Kier molecular flexibility index (Phi) is 4.81. The standard InChI is InChI=1S/C15H26N4O/c1-5-16-12-9-13(19-14(18-12)10-20-4)17-11-7-6-8-15(11,2)3/h9,11H,5-8,10H2,1-4H3,(H2,16,17,18,19). The number of hydrogen-bond acceptors (Lipinski definition) is 5. The Morgan fingerprint density at radius 2 is 2.10 bits per heavy atom. The highest BCUT2D eigenvalue weighted by Crippen LogP contribution is 2.38. The largest absolute Gasteiger partial charge is 0.377 e. The van der Waals surface area contributed by atoms with Gasteiger partial charge in [-0.1, -0.05) is 20.3 Å². The highest BCUT2D eigenvalue weighted by molar-refractivity contribution is 5.48. The molecule has 2 rings (SSSR count). The maximum Gasteiger partial charge on any atom is 0.158 e. The van der Waals surface area contributed by atoms with Gasteiger partial charge >= 0.3 is 0 Å². The Morgan fingerprint density at radius 1 is 1.35 bits per heavy atom. The molecule has 20 heavy (non-hydrogen) atoms. The van der Waals surface area contributed by atoms with Crippen molar-refractivity contribution in [1.82, 2.24) is 9.97 Å². The van der Waals surface area contributed by atoms with Crippen molar-refractivity contribution in [3.05, 3.63) is 11.9 Å². The lowest BCUT2D eigenvalue weighted by molar-refractivity contribution is 0.178. The zero-order valence-electron chi connectivity index (χ0n) is 13.0. The summed E-state index contributed by atoms with van der Waals surface area (Å²) in [5.41, 5.74) is 0.324. The molecule has 5 heteroatoms. The minimum atomic E-state index is 0.324. The third-order valence-electron chi connectivity index (χ3n) is 3.98. The van der Waals surface area contributed by atoms with E-state index in [1.54, 1.807) is 7.11 Å². The average Bonchev–Trinajstić information content (AvgIpc) is 2.69. The molecule has 0 aromatic carbocycles. The van der Waals surface area contributed by atoms with Crippen LogP contribution in [0.1, 0.15) is 45.9 Å². The van der Waals surface area contributed by atoms with E-state index in [1.165, 1.54) is 19.3 Å². The summed E-state index contributed by atoms with van der Waals surface area (Å²) >= 11 is 0. The van der Waals surface area contributed by atoms with Gasteiger partial charge < -0.3 is 15.4 Å². The predicted octanol–water partition coefficient (Wildman–Crippen LogP) is 3.05. The molecule has 1 aromatic heterocycles. The van der Waals surface area contributed by atoms with Crippen molar-refractivity contribution in [3.63, 3.8) is 0 Å². The minimum absolute atomic E-state index is 0.324. The molecule has 1 heterocycles. The van der Waals surface area contributed by atoms with E-state index in [-0.39, 0.29) is 0 Å². The van der Waals surface area contributed by atoms with Crippen LogP contribution in [0.5, 0.6) is 0 Å². The van der Waals surface area contributed by atoms with Crippen LogP contribution in [-0.2, 0) is 11.3 Å². The van der Waals surface area contributed by atoms with Gasteiger partial charge in [0.25, 0.3) is 0 Å². The fraction of sp³-hybridized carbons (Fsp3) is 0.733. The monoisotopic (exact) mass is 278 g/mol. The Bertz CT molecular complexity index is 423. The molecule has 1 aliphatic carbocycles. The molecule has 2 N–H and O–H groups in total. The summed E-state index contributed by atoms with van der Waals surface area (Å²) in [7, 11) is 1.66.